The van der Waals surface area contributed by atoms with Gasteiger partial charge in [0.15, 0.2) is 6.61 Å². The Hall–Kier alpha value is -4.45. The molecule has 44 heavy (non-hydrogen) atoms. The smallest absolute Gasteiger partial charge is 0.261 e. The number of nitrogens with one attached hydrogen (secondary N) is 2. The number of benzene rings is 4. The van der Waals surface area contributed by atoms with Gasteiger partial charge in [-0.15, -0.1) is 0 Å². The number of ether oxygens (including phenoxy) is 1. The van der Waals surface area contributed by atoms with E-state index >= 15 is 0 Å². The second-order valence-corrected chi connectivity index (χ2v) is 11.8. The van der Waals surface area contributed by atoms with E-state index in [9.17, 15) is 27.5 Å². The van der Waals surface area contributed by atoms with Crippen LogP contribution in [0.4, 0.5) is 10.1 Å². The molecule has 9 nitrogen and oxygen atoms in total. The summed E-state index contributed by atoms with van der Waals surface area (Å²) in [5.74, 6) is -1.18. The Morgan fingerprint density at radius 1 is 0.909 bits per heavy atom. The largest absolute Gasteiger partial charge is 0.484 e. The normalized spacial score (nSPS) is 11.8. The lowest BCUT2D eigenvalue weighted by Crippen LogP contribution is -2.45. The summed E-state index contributed by atoms with van der Waals surface area (Å²) in [5.41, 5.74) is 1.51. The molecule has 0 aromatic heterocycles. The highest BCUT2D eigenvalue weighted by molar-refractivity contribution is 7.92. The molecule has 0 unspecified atom stereocenters. The Kier molecular flexibility index (Phi) is 11.3. The van der Waals surface area contributed by atoms with Gasteiger partial charge in [-0.3, -0.25) is 14.3 Å². The van der Waals surface area contributed by atoms with Crippen LogP contribution in [0.25, 0.3) is 0 Å². The van der Waals surface area contributed by atoms with E-state index in [-0.39, 0.29) is 36.0 Å². The van der Waals surface area contributed by atoms with Crippen LogP contribution < -0.4 is 14.8 Å². The second kappa shape index (κ2) is 15.3. The first-order valence-corrected chi connectivity index (χ1v) is 15.5. The molecule has 4 rings (SSSR count). The number of halogens is 2. The molecule has 0 bridgehead atoms. The standard InChI is InChI=1S/C32H31ClFN3O6S/c33-25-9-7-23(8-10-25)21-37(31(24-5-2-1-3-6-24)32(40)35-19-4-20-38)30(39)22-43-28-15-17-29(18-16-28)44(41,42)36-27-13-11-26(34)12-14-27/h1-3,5-18,31,36,38H,4,19-22H2,(H,35,40)/t31-/m1/s1. The maximum atomic E-state index is 13.7. The van der Waals surface area contributed by atoms with Crippen molar-refractivity contribution in [2.45, 2.75) is 23.9 Å². The second-order valence-electron chi connectivity index (χ2n) is 9.70. The summed E-state index contributed by atoms with van der Waals surface area (Å²) < 4.78 is 46.8. The molecule has 0 aliphatic rings. The third kappa shape index (κ3) is 9.03. The molecule has 0 heterocycles. The van der Waals surface area contributed by atoms with E-state index < -0.39 is 40.3 Å². The van der Waals surface area contributed by atoms with Crippen molar-refractivity contribution in [3.8, 4) is 5.75 Å². The molecule has 0 aliphatic heterocycles. The molecule has 1 atom stereocenters. The van der Waals surface area contributed by atoms with Gasteiger partial charge in [0.25, 0.3) is 15.9 Å². The zero-order chi connectivity index (χ0) is 31.5. The van der Waals surface area contributed by atoms with Crippen molar-refractivity contribution in [2.24, 2.45) is 0 Å². The van der Waals surface area contributed by atoms with E-state index in [1.54, 1.807) is 54.6 Å². The van der Waals surface area contributed by atoms with Gasteiger partial charge in [-0.1, -0.05) is 54.1 Å². The van der Waals surface area contributed by atoms with Crippen LogP contribution >= 0.6 is 11.6 Å². The van der Waals surface area contributed by atoms with E-state index in [0.717, 1.165) is 17.7 Å². The first-order valence-electron chi connectivity index (χ1n) is 13.6. The first-order chi connectivity index (χ1) is 21.2. The fraction of sp³-hybridized carbons (Fsp3) is 0.188. The molecule has 0 saturated carbocycles. The predicted molar refractivity (Wildman–Crippen MR) is 165 cm³/mol. The lowest BCUT2D eigenvalue weighted by molar-refractivity contribution is -0.143. The lowest BCUT2D eigenvalue weighted by Gasteiger charge is -2.31. The van der Waals surface area contributed by atoms with Crippen LogP contribution in [-0.2, 0) is 26.2 Å². The highest BCUT2D eigenvalue weighted by Gasteiger charge is 2.31. The molecule has 230 valence electrons. The van der Waals surface area contributed by atoms with Crippen molar-refractivity contribution >= 4 is 39.1 Å². The number of carbonyl (C=O) groups excluding carboxylic acids is 2. The van der Waals surface area contributed by atoms with Crippen LogP contribution in [0.1, 0.15) is 23.6 Å². The molecule has 0 spiro atoms. The van der Waals surface area contributed by atoms with Gasteiger partial charge in [0.2, 0.25) is 5.91 Å². The molecular weight excluding hydrogens is 609 g/mol. The number of nitrogens with zero attached hydrogens (tertiary/aromatic N) is 1. The predicted octanol–water partition coefficient (Wildman–Crippen LogP) is 4.93. The number of aliphatic hydroxyl groups excluding tert-OH is 1. The maximum absolute atomic E-state index is 13.7. The third-order valence-electron chi connectivity index (χ3n) is 6.49. The number of anilines is 1. The average molecular weight is 640 g/mol. The number of rotatable bonds is 14. The summed E-state index contributed by atoms with van der Waals surface area (Å²) in [6.07, 6.45) is 0.354. The quantitative estimate of drug-likeness (QED) is 0.168. The minimum absolute atomic E-state index is 0.0615. The third-order valence-corrected chi connectivity index (χ3v) is 8.14. The fourth-order valence-electron chi connectivity index (χ4n) is 4.28. The Morgan fingerprint density at radius 3 is 2.20 bits per heavy atom. The molecule has 3 N–H and O–H groups in total. The van der Waals surface area contributed by atoms with Gasteiger partial charge in [0, 0.05) is 30.4 Å². The average Bonchev–Trinajstić information content (AvgIpc) is 3.02. The topological polar surface area (TPSA) is 125 Å². The molecule has 4 aromatic rings. The van der Waals surface area contributed by atoms with Crippen molar-refractivity contribution in [1.82, 2.24) is 10.2 Å². The molecular formula is C32H31ClFN3O6S. The van der Waals surface area contributed by atoms with Crippen LogP contribution in [0, 0.1) is 5.82 Å². The van der Waals surface area contributed by atoms with Gasteiger partial charge in [-0.05, 0) is 78.2 Å². The van der Waals surface area contributed by atoms with Gasteiger partial charge in [0.05, 0.1) is 4.90 Å². The Labute approximate surface area is 260 Å². The van der Waals surface area contributed by atoms with Crippen molar-refractivity contribution in [3.05, 3.63) is 125 Å². The minimum Gasteiger partial charge on any atom is -0.484 e. The zero-order valence-electron chi connectivity index (χ0n) is 23.5. The number of aliphatic hydroxyl groups is 1. The van der Waals surface area contributed by atoms with Crippen LogP contribution in [0.15, 0.2) is 108 Å². The number of amides is 2. The SMILES string of the molecule is O=C(NCCCO)[C@@H](c1ccccc1)N(Cc1ccc(Cl)cc1)C(=O)COc1ccc(S(=O)(=O)Nc2ccc(F)cc2)cc1. The number of hydrogen-bond acceptors (Lipinski definition) is 6. The van der Waals surface area contributed by atoms with Crippen molar-refractivity contribution in [3.63, 3.8) is 0 Å². The molecule has 0 fully saturated rings. The van der Waals surface area contributed by atoms with Gasteiger partial charge in [-0.2, -0.15) is 0 Å². The lowest BCUT2D eigenvalue weighted by atomic mass is 10.0. The monoisotopic (exact) mass is 639 g/mol. The zero-order valence-corrected chi connectivity index (χ0v) is 25.1. The van der Waals surface area contributed by atoms with Crippen LogP contribution in [0.2, 0.25) is 5.02 Å². The number of carbonyl (C=O) groups is 2. The fourth-order valence-corrected chi connectivity index (χ4v) is 5.47. The Morgan fingerprint density at radius 2 is 1.57 bits per heavy atom. The minimum atomic E-state index is -3.96. The van der Waals surface area contributed by atoms with E-state index in [0.29, 0.717) is 17.0 Å². The van der Waals surface area contributed by atoms with E-state index in [1.165, 1.54) is 41.3 Å². The molecule has 0 radical (unpaired) electrons. The van der Waals surface area contributed by atoms with Crippen LogP contribution in [0.3, 0.4) is 0 Å². The highest BCUT2D eigenvalue weighted by atomic mass is 35.5. The summed E-state index contributed by atoms with van der Waals surface area (Å²) in [4.78, 5) is 28.5. The highest BCUT2D eigenvalue weighted by Crippen LogP contribution is 2.25. The van der Waals surface area contributed by atoms with Gasteiger partial charge in [-0.25, -0.2) is 12.8 Å². The van der Waals surface area contributed by atoms with E-state index in [1.807, 2.05) is 0 Å². The summed E-state index contributed by atoms with van der Waals surface area (Å²) in [6, 6.07) is 25.1. The Balaban J connectivity index is 1.53. The van der Waals surface area contributed by atoms with Gasteiger partial charge < -0.3 is 20.1 Å². The van der Waals surface area contributed by atoms with Crippen molar-refractivity contribution in [1.29, 1.82) is 0 Å². The maximum Gasteiger partial charge on any atom is 0.261 e. The molecule has 2 amide bonds. The van der Waals surface area contributed by atoms with Gasteiger partial charge >= 0.3 is 0 Å². The van der Waals surface area contributed by atoms with Crippen molar-refractivity contribution in [2.75, 3.05) is 24.5 Å². The molecule has 12 heteroatoms. The van der Waals surface area contributed by atoms with E-state index in [4.69, 9.17) is 16.3 Å². The summed E-state index contributed by atoms with van der Waals surface area (Å²) in [5, 5.41) is 12.5. The van der Waals surface area contributed by atoms with Crippen LogP contribution in [0.5, 0.6) is 5.75 Å². The summed E-state index contributed by atoms with van der Waals surface area (Å²) in [6.45, 7) is -0.247. The summed E-state index contributed by atoms with van der Waals surface area (Å²) >= 11 is 6.05. The van der Waals surface area contributed by atoms with Crippen LogP contribution in [-0.4, -0.2) is 50.0 Å². The molecule has 0 saturated heterocycles. The Bertz CT molecular complexity index is 1640. The number of hydrogen-bond donors (Lipinski definition) is 3. The molecule has 4 aromatic carbocycles. The molecule has 0 aliphatic carbocycles. The first kappa shape index (κ1) is 32.5. The summed E-state index contributed by atoms with van der Waals surface area (Å²) in [7, 11) is -3.96. The van der Waals surface area contributed by atoms with Crippen molar-refractivity contribution < 1.29 is 32.2 Å². The van der Waals surface area contributed by atoms with Gasteiger partial charge in [0.1, 0.15) is 17.6 Å². The number of sulfonamides is 1. The van der Waals surface area contributed by atoms with E-state index in [2.05, 4.69) is 10.0 Å².